The lowest BCUT2D eigenvalue weighted by Crippen LogP contribution is -2.64. The Morgan fingerprint density at radius 3 is 2.68 bits per heavy atom. The molecule has 3 N–H and O–H groups in total. The Morgan fingerprint density at radius 2 is 2.00 bits per heavy atom. The van der Waals surface area contributed by atoms with Crippen LogP contribution in [0.15, 0.2) is 59.1 Å². The summed E-state index contributed by atoms with van der Waals surface area (Å²) in [4.78, 5) is 42.8. The molecule has 0 aliphatic carbocycles. The Balaban J connectivity index is 1.64. The van der Waals surface area contributed by atoms with Crippen LogP contribution in [-0.2, 0) is 25.8 Å². The molecule has 2 unspecified atom stereocenters. The van der Waals surface area contributed by atoms with Gasteiger partial charge in [-0.2, -0.15) is 5.06 Å². The van der Waals surface area contributed by atoms with E-state index in [1.54, 1.807) is 6.07 Å². The average Bonchev–Trinajstić information content (AvgIpc) is 3.49. The maximum Gasteiger partial charge on any atom is 0.239 e. The first kappa shape index (κ1) is 29.9. The molecule has 4 rings (SSSR count). The van der Waals surface area contributed by atoms with E-state index in [1.807, 2.05) is 30.3 Å². The number of halogens is 2. The van der Waals surface area contributed by atoms with Crippen molar-refractivity contribution in [2.75, 3.05) is 24.7 Å². The Morgan fingerprint density at radius 1 is 1.20 bits per heavy atom. The van der Waals surface area contributed by atoms with Gasteiger partial charge in [-0.3, -0.25) is 19.4 Å². The highest BCUT2D eigenvalue weighted by molar-refractivity contribution is 5.74. The van der Waals surface area contributed by atoms with Gasteiger partial charge in [-0.25, -0.2) is 14.2 Å². The minimum Gasteiger partial charge on any atom is -0.354 e. The second kappa shape index (κ2) is 14.6. The van der Waals surface area contributed by atoms with Gasteiger partial charge in [0.2, 0.25) is 18.1 Å². The average molecular weight is 571 g/mol. The van der Waals surface area contributed by atoms with Crippen LogP contribution in [0.4, 0.5) is 14.6 Å². The number of rotatable bonds is 14. The zero-order valence-corrected chi connectivity index (χ0v) is 22.5. The van der Waals surface area contributed by atoms with Crippen molar-refractivity contribution in [3.05, 3.63) is 71.8 Å². The summed E-state index contributed by atoms with van der Waals surface area (Å²) in [6, 6.07) is 13.2. The van der Waals surface area contributed by atoms with E-state index >= 15 is 0 Å². The second-order valence-corrected chi connectivity index (χ2v) is 9.43. The van der Waals surface area contributed by atoms with Crippen molar-refractivity contribution in [2.45, 2.75) is 44.5 Å². The van der Waals surface area contributed by atoms with Gasteiger partial charge in [0.1, 0.15) is 12.4 Å². The van der Waals surface area contributed by atoms with E-state index in [0.717, 1.165) is 16.7 Å². The fraction of sp³-hybridized carbons (Fsp3) is 0.357. The SMILES string of the molecule is CC(=O)N(NCc1cccc(F)c1F)[C@@H](CCC=O)C(ON(C=O)c1cc(-c2ccccc2)on1)C1CNCCN1. The number of hydrogen-bond acceptors (Lipinski definition) is 9. The van der Waals surface area contributed by atoms with Crippen LogP contribution in [0.1, 0.15) is 25.3 Å². The Bertz CT molecular complexity index is 1300. The highest BCUT2D eigenvalue weighted by Crippen LogP contribution is 2.26. The number of anilines is 1. The van der Waals surface area contributed by atoms with Gasteiger partial charge in [0.05, 0.1) is 12.1 Å². The summed E-state index contributed by atoms with van der Waals surface area (Å²) in [6.45, 7) is 2.78. The molecule has 0 spiro atoms. The summed E-state index contributed by atoms with van der Waals surface area (Å²) in [5, 5.41) is 12.7. The Labute approximate surface area is 235 Å². The van der Waals surface area contributed by atoms with Crippen molar-refractivity contribution in [1.29, 1.82) is 0 Å². The molecule has 3 atom stereocenters. The van der Waals surface area contributed by atoms with E-state index in [4.69, 9.17) is 9.36 Å². The van der Waals surface area contributed by atoms with E-state index in [2.05, 4.69) is 21.2 Å². The number of carbonyl (C=O) groups is 3. The molecule has 218 valence electrons. The highest BCUT2D eigenvalue weighted by Gasteiger charge is 2.39. The highest BCUT2D eigenvalue weighted by atomic mass is 19.2. The van der Waals surface area contributed by atoms with Crippen LogP contribution >= 0.6 is 0 Å². The van der Waals surface area contributed by atoms with Crippen LogP contribution in [-0.4, -0.2) is 66.6 Å². The lowest BCUT2D eigenvalue weighted by atomic mass is 9.97. The van der Waals surface area contributed by atoms with E-state index in [9.17, 15) is 23.2 Å². The third-order valence-corrected chi connectivity index (χ3v) is 6.68. The standard InChI is InChI=1S/C28H32F2N6O5/c1-19(39)36(33-16-21-9-5-10-22(29)27(21)30)24(11-6-14-37)28(23-17-31-12-13-32-23)41-35(18-38)26-15-25(40-34-26)20-7-3-2-4-8-20/h2-5,7-10,14-15,18,23-24,28,31-33H,6,11-13,16-17H2,1H3/t23?,24-,28?/m0/s1. The first-order chi connectivity index (χ1) is 19.9. The Hall–Kier alpha value is -4.04. The fourth-order valence-corrected chi connectivity index (χ4v) is 4.69. The minimum absolute atomic E-state index is 0.00544. The third-order valence-electron chi connectivity index (χ3n) is 6.68. The summed E-state index contributed by atoms with van der Waals surface area (Å²) in [5.74, 6) is -2.02. The topological polar surface area (TPSA) is 129 Å². The summed E-state index contributed by atoms with van der Waals surface area (Å²) in [7, 11) is 0. The summed E-state index contributed by atoms with van der Waals surface area (Å²) >= 11 is 0. The molecule has 0 bridgehead atoms. The molecule has 13 heteroatoms. The molecule has 2 amide bonds. The number of piperazine rings is 1. The van der Waals surface area contributed by atoms with E-state index < -0.39 is 35.7 Å². The quantitative estimate of drug-likeness (QED) is 0.198. The van der Waals surface area contributed by atoms with Gasteiger partial charge in [-0.1, -0.05) is 47.6 Å². The van der Waals surface area contributed by atoms with E-state index in [1.165, 1.54) is 24.1 Å². The number of benzene rings is 2. The third kappa shape index (κ3) is 7.58. The number of amides is 2. The van der Waals surface area contributed by atoms with Gasteiger partial charge in [-0.05, 0) is 12.5 Å². The fourth-order valence-electron chi connectivity index (χ4n) is 4.69. The first-order valence-electron chi connectivity index (χ1n) is 13.2. The molecule has 41 heavy (non-hydrogen) atoms. The van der Waals surface area contributed by atoms with Crippen LogP contribution in [0.2, 0.25) is 0 Å². The van der Waals surface area contributed by atoms with Crippen LogP contribution in [0.3, 0.4) is 0 Å². The maximum atomic E-state index is 14.4. The minimum atomic E-state index is -1.04. The zero-order valence-electron chi connectivity index (χ0n) is 22.5. The monoisotopic (exact) mass is 570 g/mol. The largest absolute Gasteiger partial charge is 0.354 e. The number of aldehydes is 1. The first-order valence-corrected chi connectivity index (χ1v) is 13.2. The molecular weight excluding hydrogens is 538 g/mol. The van der Waals surface area contributed by atoms with Crippen LogP contribution in [0.5, 0.6) is 0 Å². The Kier molecular flexibility index (Phi) is 10.6. The predicted molar refractivity (Wildman–Crippen MR) is 145 cm³/mol. The van der Waals surface area contributed by atoms with E-state index in [-0.39, 0.29) is 30.8 Å². The molecule has 1 aliphatic heterocycles. The number of nitrogens with zero attached hydrogens (tertiary/aromatic N) is 3. The number of nitrogens with one attached hydrogen (secondary N) is 3. The molecule has 3 aromatic rings. The summed E-state index contributed by atoms with van der Waals surface area (Å²) in [6.07, 6.45) is 0.445. The molecular formula is C28H32F2N6O5. The maximum absolute atomic E-state index is 14.4. The van der Waals surface area contributed by atoms with Crippen LogP contribution in [0.25, 0.3) is 11.3 Å². The molecule has 2 heterocycles. The smallest absolute Gasteiger partial charge is 0.239 e. The van der Waals surface area contributed by atoms with Gasteiger partial charge in [-0.15, -0.1) is 0 Å². The molecule has 11 nitrogen and oxygen atoms in total. The van der Waals surface area contributed by atoms with Crippen molar-refractivity contribution in [1.82, 2.24) is 26.2 Å². The van der Waals surface area contributed by atoms with Crippen molar-refractivity contribution in [3.8, 4) is 11.3 Å². The van der Waals surface area contributed by atoms with Gasteiger partial charge < -0.3 is 20.0 Å². The molecule has 1 aromatic heterocycles. The van der Waals surface area contributed by atoms with Gasteiger partial charge in [0.25, 0.3) is 0 Å². The van der Waals surface area contributed by atoms with Gasteiger partial charge >= 0.3 is 0 Å². The molecule has 0 saturated carbocycles. The van der Waals surface area contributed by atoms with Crippen molar-refractivity contribution in [2.24, 2.45) is 0 Å². The van der Waals surface area contributed by atoms with Gasteiger partial charge in [0, 0.05) is 56.7 Å². The van der Waals surface area contributed by atoms with Crippen molar-refractivity contribution in [3.63, 3.8) is 0 Å². The number of hydrazine groups is 1. The van der Waals surface area contributed by atoms with E-state index in [0.29, 0.717) is 38.1 Å². The summed E-state index contributed by atoms with van der Waals surface area (Å²) < 4.78 is 33.6. The molecule has 1 saturated heterocycles. The zero-order chi connectivity index (χ0) is 29.2. The second-order valence-electron chi connectivity index (χ2n) is 9.43. The molecule has 2 aromatic carbocycles. The number of aromatic nitrogens is 1. The number of carbonyl (C=O) groups excluding carboxylic acids is 3. The summed E-state index contributed by atoms with van der Waals surface area (Å²) in [5.41, 5.74) is 3.63. The predicted octanol–water partition coefficient (Wildman–Crippen LogP) is 2.35. The van der Waals surface area contributed by atoms with Crippen LogP contribution in [0, 0.1) is 11.6 Å². The lowest BCUT2D eigenvalue weighted by Gasteiger charge is -2.42. The molecule has 1 fully saturated rings. The number of hydrogen-bond donors (Lipinski definition) is 3. The lowest BCUT2D eigenvalue weighted by molar-refractivity contribution is -0.144. The van der Waals surface area contributed by atoms with Crippen LogP contribution < -0.4 is 21.1 Å². The van der Waals surface area contributed by atoms with Gasteiger partial charge in [0.15, 0.2) is 17.4 Å². The van der Waals surface area contributed by atoms with Crippen molar-refractivity contribution >= 4 is 24.4 Å². The number of hydroxylamine groups is 1. The van der Waals surface area contributed by atoms with Crippen molar-refractivity contribution < 1.29 is 32.5 Å². The molecule has 1 aliphatic rings. The molecule has 0 radical (unpaired) electrons. The normalized spacial score (nSPS) is 16.5.